The predicted molar refractivity (Wildman–Crippen MR) is 35.3 cm³/mol. The van der Waals surface area contributed by atoms with Gasteiger partial charge in [-0.2, -0.15) is 0 Å². The van der Waals surface area contributed by atoms with Crippen LogP contribution < -0.4 is 0 Å². The molecule has 0 aromatic carbocycles. The molecule has 0 aliphatic carbocycles. The molecule has 0 atom stereocenters. The fourth-order valence-corrected chi connectivity index (χ4v) is 1.48. The van der Waals surface area contributed by atoms with E-state index in [4.69, 9.17) is 0 Å². The fraction of sp³-hybridized carbons (Fsp3) is 0.400. The molecule has 0 spiro atoms. The smallest absolute Gasteiger partial charge is 0.222 e. The minimum Gasteiger partial charge on any atom is -0.222 e. The largest absolute Gasteiger partial charge is 0.406 e. The summed E-state index contributed by atoms with van der Waals surface area (Å²) in [5, 5.41) is 5.19. The number of aldehydes is 1. The van der Waals surface area contributed by atoms with E-state index in [0.717, 1.165) is 5.38 Å². The summed E-state index contributed by atoms with van der Waals surface area (Å²) >= 11 is 0. The van der Waals surface area contributed by atoms with Gasteiger partial charge in [-0.3, -0.25) is 0 Å². The van der Waals surface area contributed by atoms with Crippen LogP contribution in [0.15, 0.2) is 11.5 Å². The molecule has 0 saturated heterocycles. The van der Waals surface area contributed by atoms with E-state index in [1.165, 1.54) is 12.3 Å². The molecule has 4 heteroatoms. The Morgan fingerprint density at radius 3 is 3.22 bits per heavy atom. The first-order valence-corrected chi connectivity index (χ1v) is 4.66. The minimum absolute atomic E-state index is 0.221. The third-order valence-corrected chi connectivity index (χ3v) is 2.33. The first-order valence-electron chi connectivity index (χ1n) is 2.96. The third kappa shape index (κ3) is 1.89. The Balaban J connectivity index is 2.38. The van der Waals surface area contributed by atoms with Gasteiger partial charge in [0.25, 0.3) is 0 Å². The second-order valence-corrected chi connectivity index (χ2v) is 3.96. The number of rotatable bonds is 2. The van der Waals surface area contributed by atoms with Gasteiger partial charge < -0.3 is 0 Å². The van der Waals surface area contributed by atoms with Gasteiger partial charge in [0, 0.05) is 0 Å². The molecule has 0 fully saturated rings. The molecule has 0 aromatic heterocycles. The van der Waals surface area contributed by atoms with Gasteiger partial charge in [0.15, 0.2) is 0 Å². The molecule has 0 unspecified atom stereocenters. The highest BCUT2D eigenvalue weighted by atomic mass is 28.2. The molecule has 0 N–H and O–H groups in total. The standard InChI is InChI=1S/C5H9O3Si/c1-2-9-5-3-4-6-8-7-5/h3-4H,2,9H2,1H3/q+1. The Morgan fingerprint density at radius 2 is 2.67 bits per heavy atom. The monoisotopic (exact) mass is 145 g/mol. The lowest BCUT2D eigenvalue weighted by atomic mass is 10.7. The van der Waals surface area contributed by atoms with Crippen molar-refractivity contribution in [2.24, 2.45) is 0 Å². The predicted octanol–water partition coefficient (Wildman–Crippen LogP) is 0.0462. The average Bonchev–Trinajstić information content (AvgIpc) is 1.91. The van der Waals surface area contributed by atoms with Gasteiger partial charge in [-0.25, -0.2) is 4.89 Å². The van der Waals surface area contributed by atoms with E-state index >= 15 is 0 Å². The minimum atomic E-state index is -0.221. The Hall–Kier alpha value is -0.773. The lowest BCUT2D eigenvalue weighted by Gasteiger charge is -1.95. The lowest BCUT2D eigenvalue weighted by molar-refractivity contribution is -0.843. The van der Waals surface area contributed by atoms with E-state index in [2.05, 4.69) is 21.4 Å². The maximum atomic E-state index is 4.69. The summed E-state index contributed by atoms with van der Waals surface area (Å²) in [6.07, 6.45) is 3.29. The Kier molecular flexibility index (Phi) is 2.32. The SMILES string of the molecule is CC[SiH2]C1=CC=[O+]OO1. The zero-order valence-corrected chi connectivity index (χ0v) is 6.71. The number of carbonyl (C=O) groups excluding carboxylic acids is 1. The van der Waals surface area contributed by atoms with Crippen LogP contribution in [0, 0.1) is 0 Å². The molecule has 1 heterocycles. The Labute approximate surface area is 55.6 Å². The van der Waals surface area contributed by atoms with Crippen LogP contribution >= 0.6 is 0 Å². The van der Waals surface area contributed by atoms with Gasteiger partial charge in [-0.05, 0) is 0 Å². The van der Waals surface area contributed by atoms with Gasteiger partial charge in [-0.15, -0.1) is 0 Å². The zero-order valence-electron chi connectivity index (χ0n) is 5.29. The molecule has 0 aromatic rings. The molecule has 9 heavy (non-hydrogen) atoms. The third-order valence-electron chi connectivity index (χ3n) is 0.986. The summed E-state index contributed by atoms with van der Waals surface area (Å²) in [5.74, 6) is 0. The molecule has 0 saturated carbocycles. The quantitative estimate of drug-likeness (QED) is 0.238. The maximum Gasteiger partial charge on any atom is 0.406 e. The molecular weight excluding hydrogens is 136 g/mol. The van der Waals surface area contributed by atoms with Crippen molar-refractivity contribution in [3.63, 3.8) is 0 Å². The van der Waals surface area contributed by atoms with Crippen molar-refractivity contribution in [1.29, 1.82) is 0 Å². The normalized spacial score (nSPS) is 17.2. The van der Waals surface area contributed by atoms with E-state index in [-0.39, 0.29) is 9.52 Å². The highest BCUT2D eigenvalue weighted by Crippen LogP contribution is 1.99. The first-order chi connectivity index (χ1) is 4.43. The van der Waals surface area contributed by atoms with Crippen LogP contribution in [0.1, 0.15) is 6.92 Å². The fourth-order valence-electron chi connectivity index (χ4n) is 0.589. The molecule has 1 rings (SSSR count). The Bertz CT molecular complexity index is 141. The van der Waals surface area contributed by atoms with E-state index in [1.54, 1.807) is 6.08 Å². The zero-order chi connectivity index (χ0) is 6.53. The highest BCUT2D eigenvalue weighted by molar-refractivity contribution is 6.44. The van der Waals surface area contributed by atoms with Crippen molar-refractivity contribution in [2.45, 2.75) is 13.0 Å². The van der Waals surface area contributed by atoms with Crippen LogP contribution in [0.5, 0.6) is 0 Å². The van der Waals surface area contributed by atoms with Gasteiger partial charge in [0.05, 0.1) is 10.7 Å². The molecule has 0 amide bonds. The van der Waals surface area contributed by atoms with Crippen molar-refractivity contribution in [3.8, 4) is 0 Å². The van der Waals surface area contributed by atoms with Crippen LogP contribution in [0.25, 0.3) is 0 Å². The van der Waals surface area contributed by atoms with Crippen molar-refractivity contribution in [1.82, 2.24) is 0 Å². The van der Waals surface area contributed by atoms with Crippen LogP contribution in [0.2, 0.25) is 6.04 Å². The van der Waals surface area contributed by atoms with E-state index < -0.39 is 0 Å². The van der Waals surface area contributed by atoms with Gasteiger partial charge in [0.2, 0.25) is 0 Å². The molecule has 1 aliphatic rings. The summed E-state index contributed by atoms with van der Waals surface area (Å²) in [6, 6.07) is 1.18. The second kappa shape index (κ2) is 3.29. The summed E-state index contributed by atoms with van der Waals surface area (Å²) < 4.78 is 4.34. The number of hydrogen-bond donors (Lipinski definition) is 0. The van der Waals surface area contributed by atoms with Gasteiger partial charge in [0.1, 0.15) is 19.9 Å². The molecular formula is C5H9O3Si+. The van der Waals surface area contributed by atoms with Crippen LogP contribution in [0.3, 0.4) is 0 Å². The highest BCUT2D eigenvalue weighted by Gasteiger charge is 2.08. The second-order valence-electron chi connectivity index (χ2n) is 1.77. The van der Waals surface area contributed by atoms with Gasteiger partial charge in [-0.1, -0.05) is 13.0 Å². The number of allylic oxidation sites excluding steroid dienone is 1. The van der Waals surface area contributed by atoms with Crippen LogP contribution in [-0.4, -0.2) is 15.8 Å². The van der Waals surface area contributed by atoms with Crippen LogP contribution in [-0.2, 0) is 14.5 Å². The molecule has 50 valence electrons. The molecule has 0 radical (unpaired) electrons. The van der Waals surface area contributed by atoms with Gasteiger partial charge >= 0.3 is 6.29 Å². The lowest BCUT2D eigenvalue weighted by Crippen LogP contribution is -2.05. The maximum absolute atomic E-state index is 4.69. The van der Waals surface area contributed by atoms with E-state index in [9.17, 15) is 0 Å². The summed E-state index contributed by atoms with van der Waals surface area (Å²) in [7, 11) is -0.221. The van der Waals surface area contributed by atoms with Crippen LogP contribution in [0.4, 0.5) is 0 Å². The Morgan fingerprint density at radius 1 is 1.78 bits per heavy atom. The molecule has 1 aliphatic heterocycles. The van der Waals surface area contributed by atoms with Crippen molar-refractivity contribution >= 4 is 15.8 Å². The average molecular weight is 145 g/mol. The van der Waals surface area contributed by atoms with E-state index in [0.29, 0.717) is 0 Å². The molecule has 3 nitrogen and oxygen atoms in total. The summed E-state index contributed by atoms with van der Waals surface area (Å²) in [4.78, 5) is 4.69. The number of hydrogen-bond acceptors (Lipinski definition) is 2. The molecule has 0 bridgehead atoms. The van der Waals surface area contributed by atoms with Crippen molar-refractivity contribution in [3.05, 3.63) is 11.5 Å². The topological polar surface area (TPSA) is 29.8 Å². The summed E-state index contributed by atoms with van der Waals surface area (Å²) in [5.41, 5.74) is 0. The first kappa shape index (κ1) is 6.35. The van der Waals surface area contributed by atoms with Crippen molar-refractivity contribution < 1.29 is 14.5 Å². The van der Waals surface area contributed by atoms with Crippen molar-refractivity contribution in [2.75, 3.05) is 0 Å². The van der Waals surface area contributed by atoms with E-state index in [1.807, 2.05) is 0 Å². The summed E-state index contributed by atoms with van der Waals surface area (Å²) in [6.45, 7) is 2.13.